The van der Waals surface area contributed by atoms with Gasteiger partial charge >= 0.3 is 0 Å². The molecular weight excluding hydrogens is 429 g/mol. The van der Waals surface area contributed by atoms with Gasteiger partial charge in [-0.25, -0.2) is 24.3 Å². The summed E-state index contributed by atoms with van der Waals surface area (Å²) in [7, 11) is 0. The summed E-state index contributed by atoms with van der Waals surface area (Å²) >= 11 is 6.25. The molecule has 1 aromatic carbocycles. The van der Waals surface area contributed by atoms with Crippen molar-refractivity contribution in [1.82, 2.24) is 24.5 Å². The summed E-state index contributed by atoms with van der Waals surface area (Å²) in [6, 6.07) is 7.45. The summed E-state index contributed by atoms with van der Waals surface area (Å²) < 4.78 is 17.0. The van der Waals surface area contributed by atoms with Crippen molar-refractivity contribution >= 4 is 40.1 Å². The monoisotopic (exact) mass is 451 g/mol. The number of halogens is 2. The van der Waals surface area contributed by atoms with E-state index in [1.54, 1.807) is 6.07 Å². The van der Waals surface area contributed by atoms with Crippen LogP contribution in [-0.4, -0.2) is 37.6 Å². The molecule has 1 saturated heterocycles. The van der Waals surface area contributed by atoms with Crippen molar-refractivity contribution in [3.05, 3.63) is 65.6 Å². The average molecular weight is 452 g/mol. The fourth-order valence-corrected chi connectivity index (χ4v) is 4.32. The Hall–Kier alpha value is -3.26. The van der Waals surface area contributed by atoms with Gasteiger partial charge in [0.15, 0.2) is 5.82 Å². The number of piperidine rings is 1. The summed E-state index contributed by atoms with van der Waals surface area (Å²) in [5.74, 6) is 0.801. The van der Waals surface area contributed by atoms with Gasteiger partial charge in [-0.05, 0) is 37.0 Å². The van der Waals surface area contributed by atoms with E-state index in [4.69, 9.17) is 11.6 Å². The molecule has 32 heavy (non-hydrogen) atoms. The molecule has 4 heterocycles. The molecular formula is C23H23ClFN7. The highest BCUT2D eigenvalue weighted by Crippen LogP contribution is 2.34. The Morgan fingerprint density at radius 3 is 2.56 bits per heavy atom. The zero-order valence-electron chi connectivity index (χ0n) is 17.7. The van der Waals surface area contributed by atoms with Crippen LogP contribution >= 0.6 is 11.6 Å². The summed E-state index contributed by atoms with van der Waals surface area (Å²) in [4.78, 5) is 19.8. The molecule has 1 aliphatic rings. The van der Waals surface area contributed by atoms with Gasteiger partial charge in [-0.3, -0.25) is 0 Å². The number of benzene rings is 1. The average Bonchev–Trinajstić information content (AvgIpc) is 3.18. The van der Waals surface area contributed by atoms with E-state index in [0.29, 0.717) is 27.6 Å². The molecule has 0 saturated carbocycles. The van der Waals surface area contributed by atoms with E-state index >= 15 is 4.39 Å². The van der Waals surface area contributed by atoms with E-state index in [1.165, 1.54) is 12.5 Å². The van der Waals surface area contributed by atoms with Crippen molar-refractivity contribution in [2.45, 2.75) is 32.2 Å². The number of nitrogens with zero attached hydrogens (tertiary/aromatic N) is 6. The summed E-state index contributed by atoms with van der Waals surface area (Å²) in [6.07, 6.45) is 9.36. The first kappa shape index (κ1) is 20.6. The van der Waals surface area contributed by atoms with E-state index in [-0.39, 0.29) is 11.9 Å². The number of aromatic nitrogens is 5. The van der Waals surface area contributed by atoms with Gasteiger partial charge in [0.25, 0.3) is 0 Å². The predicted octanol–water partition coefficient (Wildman–Crippen LogP) is 5.16. The molecule has 0 unspecified atom stereocenters. The topological polar surface area (TPSA) is 71.8 Å². The van der Waals surface area contributed by atoms with E-state index in [0.717, 1.165) is 43.9 Å². The molecule has 0 bridgehead atoms. The molecule has 5 rings (SSSR count). The second-order valence-electron chi connectivity index (χ2n) is 7.87. The van der Waals surface area contributed by atoms with Crippen LogP contribution in [0, 0.1) is 5.82 Å². The first-order chi connectivity index (χ1) is 15.6. The highest BCUT2D eigenvalue weighted by molar-refractivity contribution is 6.33. The van der Waals surface area contributed by atoms with Gasteiger partial charge in [0.2, 0.25) is 5.95 Å². The van der Waals surface area contributed by atoms with E-state index in [1.807, 2.05) is 35.2 Å². The molecule has 1 N–H and O–H groups in total. The van der Waals surface area contributed by atoms with E-state index < -0.39 is 0 Å². The number of para-hydroxylation sites is 1. The normalized spacial score (nSPS) is 14.8. The van der Waals surface area contributed by atoms with Gasteiger partial charge in [-0.1, -0.05) is 30.7 Å². The molecule has 3 aromatic heterocycles. The molecule has 0 radical (unpaired) electrons. The Kier molecular flexibility index (Phi) is 5.61. The zero-order chi connectivity index (χ0) is 22.1. The standard InChI is InChI=1S/C23H23ClFN7/c1-2-15-11-26-23(27-12-15)31-9-7-16(8-10-31)32-13-18(25)20-21(28-14-29-22(20)32)30-19-6-4-3-5-17(19)24/h3-6,11-14,16H,2,7-10H2,1H3,(H,28,29,30). The third kappa shape index (κ3) is 3.86. The van der Waals surface area contributed by atoms with Gasteiger partial charge in [-0.15, -0.1) is 0 Å². The van der Waals surface area contributed by atoms with Gasteiger partial charge in [0.05, 0.1) is 16.1 Å². The van der Waals surface area contributed by atoms with Crippen LogP contribution < -0.4 is 10.2 Å². The maximum atomic E-state index is 15.0. The molecule has 0 spiro atoms. The number of nitrogens with one attached hydrogen (secondary N) is 1. The second-order valence-corrected chi connectivity index (χ2v) is 8.28. The number of aryl methyl sites for hydroxylation is 1. The highest BCUT2D eigenvalue weighted by atomic mass is 35.5. The minimum Gasteiger partial charge on any atom is -0.341 e. The lowest BCUT2D eigenvalue weighted by molar-refractivity contribution is 0.398. The van der Waals surface area contributed by atoms with Crippen LogP contribution in [0.5, 0.6) is 0 Å². The smallest absolute Gasteiger partial charge is 0.225 e. The predicted molar refractivity (Wildman–Crippen MR) is 124 cm³/mol. The van der Waals surface area contributed by atoms with Crippen LogP contribution in [0.4, 0.5) is 21.8 Å². The van der Waals surface area contributed by atoms with Crippen LogP contribution in [0.25, 0.3) is 11.0 Å². The first-order valence-corrected chi connectivity index (χ1v) is 11.1. The SMILES string of the molecule is CCc1cnc(N2CCC(n3cc(F)c4c(Nc5ccccc5Cl)ncnc43)CC2)nc1. The van der Waals surface area contributed by atoms with Crippen molar-refractivity contribution in [3.8, 4) is 0 Å². The van der Waals surface area contributed by atoms with Gasteiger partial charge in [0, 0.05) is 37.7 Å². The Morgan fingerprint density at radius 2 is 1.84 bits per heavy atom. The largest absolute Gasteiger partial charge is 0.341 e. The minimum atomic E-state index is -0.351. The van der Waals surface area contributed by atoms with Crippen LogP contribution in [0.1, 0.15) is 31.4 Å². The number of hydrogen-bond donors (Lipinski definition) is 1. The maximum absolute atomic E-state index is 15.0. The maximum Gasteiger partial charge on any atom is 0.225 e. The molecule has 0 aliphatic carbocycles. The summed E-state index contributed by atoms with van der Waals surface area (Å²) in [5, 5.41) is 4.06. The lowest BCUT2D eigenvalue weighted by atomic mass is 10.1. The van der Waals surface area contributed by atoms with Crippen molar-refractivity contribution in [3.63, 3.8) is 0 Å². The van der Waals surface area contributed by atoms with Crippen LogP contribution in [0.3, 0.4) is 0 Å². The Bertz CT molecular complexity index is 1230. The van der Waals surface area contributed by atoms with Crippen LogP contribution in [0.2, 0.25) is 5.02 Å². The van der Waals surface area contributed by atoms with Crippen LogP contribution in [-0.2, 0) is 6.42 Å². The number of rotatable bonds is 5. The Morgan fingerprint density at radius 1 is 1.09 bits per heavy atom. The van der Waals surface area contributed by atoms with Crippen molar-refractivity contribution in [2.75, 3.05) is 23.3 Å². The lowest BCUT2D eigenvalue weighted by Crippen LogP contribution is -2.35. The number of fused-ring (bicyclic) bond motifs is 1. The fraction of sp³-hybridized carbons (Fsp3) is 0.304. The molecule has 9 heteroatoms. The third-order valence-corrected chi connectivity index (χ3v) is 6.26. The number of anilines is 3. The molecule has 0 atom stereocenters. The van der Waals surface area contributed by atoms with E-state index in [2.05, 4.69) is 37.1 Å². The molecule has 1 aliphatic heterocycles. The summed E-state index contributed by atoms with van der Waals surface area (Å²) in [6.45, 7) is 3.68. The van der Waals surface area contributed by atoms with Gasteiger partial charge < -0.3 is 14.8 Å². The number of hydrogen-bond acceptors (Lipinski definition) is 6. The second kappa shape index (κ2) is 8.70. The van der Waals surface area contributed by atoms with Crippen molar-refractivity contribution in [1.29, 1.82) is 0 Å². The molecule has 1 fully saturated rings. The van der Waals surface area contributed by atoms with Crippen molar-refractivity contribution < 1.29 is 4.39 Å². The Balaban J connectivity index is 1.38. The fourth-order valence-electron chi connectivity index (χ4n) is 4.14. The quantitative estimate of drug-likeness (QED) is 0.451. The molecule has 164 valence electrons. The lowest BCUT2D eigenvalue weighted by Gasteiger charge is -2.32. The van der Waals surface area contributed by atoms with Crippen molar-refractivity contribution in [2.24, 2.45) is 0 Å². The molecule has 0 amide bonds. The first-order valence-electron chi connectivity index (χ1n) is 10.7. The summed E-state index contributed by atoms with van der Waals surface area (Å²) in [5.41, 5.74) is 2.37. The minimum absolute atomic E-state index is 0.135. The Labute approximate surface area is 190 Å². The van der Waals surface area contributed by atoms with Crippen LogP contribution in [0.15, 0.2) is 49.2 Å². The molecule has 4 aromatic rings. The molecule has 7 nitrogen and oxygen atoms in total. The van der Waals surface area contributed by atoms with Gasteiger partial charge in [0.1, 0.15) is 17.8 Å². The highest BCUT2D eigenvalue weighted by Gasteiger charge is 2.26. The van der Waals surface area contributed by atoms with E-state index in [9.17, 15) is 0 Å². The zero-order valence-corrected chi connectivity index (χ0v) is 18.4. The third-order valence-electron chi connectivity index (χ3n) is 5.93. The van der Waals surface area contributed by atoms with Gasteiger partial charge in [-0.2, -0.15) is 0 Å².